The molecule has 1 heterocycles. The van der Waals surface area contributed by atoms with E-state index in [1.807, 2.05) is 0 Å². The molecule has 3 rings (SSSR count). The molecule has 2 aromatic carbocycles. The first-order valence-corrected chi connectivity index (χ1v) is 9.50. The topological polar surface area (TPSA) is 109 Å². The van der Waals surface area contributed by atoms with E-state index in [0.717, 1.165) is 0 Å². The van der Waals surface area contributed by atoms with Gasteiger partial charge in [0.15, 0.2) is 5.84 Å². The molecule has 8 nitrogen and oxygen atoms in total. The number of aliphatic hydroxyl groups is 1. The molecule has 1 aliphatic rings. The highest BCUT2D eigenvalue weighted by atomic mass is 32.2. The van der Waals surface area contributed by atoms with Crippen LogP contribution in [0.1, 0.15) is 18.1 Å². The third-order valence-corrected chi connectivity index (χ3v) is 4.98. The molecule has 0 unspecified atom stereocenters. The third-order valence-electron chi connectivity index (χ3n) is 3.66. The van der Waals surface area contributed by atoms with Gasteiger partial charge < -0.3 is 9.84 Å². The standard InChI is InChI=1S/C18H17N3O5S/c1-13(23)26-15-8-6-14(7-9-15)12-19-21(10-11-22)18-16-4-2-3-5-17(16)27(24,25)20-18/h2-9,12,22H,10-11H2,1H3. The first-order chi connectivity index (χ1) is 12.9. The Kier molecular flexibility index (Phi) is 5.33. The van der Waals surface area contributed by atoms with Gasteiger partial charge in [-0.05, 0) is 42.0 Å². The molecule has 9 heteroatoms. The minimum Gasteiger partial charge on any atom is -0.427 e. The van der Waals surface area contributed by atoms with Crippen LogP contribution in [0.3, 0.4) is 0 Å². The largest absolute Gasteiger partial charge is 0.427 e. The van der Waals surface area contributed by atoms with Gasteiger partial charge in [-0.3, -0.25) is 4.79 Å². The van der Waals surface area contributed by atoms with Crippen LogP contribution in [0.5, 0.6) is 5.75 Å². The molecule has 0 aromatic heterocycles. The molecule has 0 aliphatic carbocycles. The van der Waals surface area contributed by atoms with E-state index in [4.69, 9.17) is 4.74 Å². The lowest BCUT2D eigenvalue weighted by molar-refractivity contribution is -0.131. The van der Waals surface area contributed by atoms with Crippen molar-refractivity contribution in [1.29, 1.82) is 0 Å². The van der Waals surface area contributed by atoms with Gasteiger partial charge in [0.05, 0.1) is 19.4 Å². The SMILES string of the molecule is CC(=O)Oc1ccc(C=NN(CCO)C2=NS(=O)(=O)c3ccccc32)cc1. The van der Waals surface area contributed by atoms with E-state index in [0.29, 0.717) is 16.9 Å². The highest BCUT2D eigenvalue weighted by molar-refractivity contribution is 7.90. The summed E-state index contributed by atoms with van der Waals surface area (Å²) in [4.78, 5) is 11.1. The number of amidine groups is 1. The van der Waals surface area contributed by atoms with Crippen LogP contribution in [0.15, 0.2) is 62.9 Å². The van der Waals surface area contributed by atoms with E-state index in [9.17, 15) is 18.3 Å². The molecule has 1 N–H and O–H groups in total. The van der Waals surface area contributed by atoms with Crippen molar-refractivity contribution in [2.24, 2.45) is 9.50 Å². The Bertz CT molecular complexity index is 1010. The second-order valence-electron chi connectivity index (χ2n) is 5.64. The van der Waals surface area contributed by atoms with Gasteiger partial charge in [-0.1, -0.05) is 12.1 Å². The molecule has 0 spiro atoms. The van der Waals surface area contributed by atoms with Crippen molar-refractivity contribution in [3.8, 4) is 5.75 Å². The number of aliphatic hydroxyl groups excluding tert-OH is 1. The Morgan fingerprint density at radius 1 is 1.22 bits per heavy atom. The molecular formula is C18H17N3O5S. The fourth-order valence-electron chi connectivity index (χ4n) is 2.51. The van der Waals surface area contributed by atoms with Crippen molar-refractivity contribution in [3.63, 3.8) is 0 Å². The fraction of sp³-hybridized carbons (Fsp3) is 0.167. The summed E-state index contributed by atoms with van der Waals surface area (Å²) in [5.41, 5.74) is 1.14. The number of fused-ring (bicyclic) bond motifs is 1. The van der Waals surface area contributed by atoms with Crippen molar-refractivity contribution >= 4 is 28.0 Å². The summed E-state index contributed by atoms with van der Waals surface area (Å²) in [6.07, 6.45) is 1.50. The number of nitrogens with zero attached hydrogens (tertiary/aromatic N) is 3. The number of rotatable bonds is 5. The van der Waals surface area contributed by atoms with Gasteiger partial charge in [0, 0.05) is 12.5 Å². The van der Waals surface area contributed by atoms with E-state index >= 15 is 0 Å². The molecule has 0 saturated carbocycles. The summed E-state index contributed by atoms with van der Waals surface area (Å²) in [5.74, 6) is 0.157. The van der Waals surface area contributed by atoms with Crippen LogP contribution in [0.2, 0.25) is 0 Å². The fourth-order valence-corrected chi connectivity index (χ4v) is 3.72. The summed E-state index contributed by atoms with van der Waals surface area (Å²) < 4.78 is 33.2. The Balaban J connectivity index is 1.87. The maximum atomic E-state index is 12.2. The number of hydrogen-bond acceptors (Lipinski definition) is 7. The van der Waals surface area contributed by atoms with Gasteiger partial charge in [0.1, 0.15) is 10.6 Å². The summed E-state index contributed by atoms with van der Waals surface area (Å²) in [6.45, 7) is 1.16. The van der Waals surface area contributed by atoms with Crippen LogP contribution < -0.4 is 4.74 Å². The zero-order chi connectivity index (χ0) is 19.4. The molecule has 27 heavy (non-hydrogen) atoms. The van der Waals surface area contributed by atoms with Crippen LogP contribution in [0, 0.1) is 0 Å². The zero-order valence-corrected chi connectivity index (χ0v) is 15.3. The van der Waals surface area contributed by atoms with Gasteiger partial charge in [-0.15, -0.1) is 4.40 Å². The molecule has 1 aliphatic heterocycles. The summed E-state index contributed by atoms with van der Waals surface area (Å²) in [7, 11) is -3.78. The Morgan fingerprint density at radius 2 is 1.93 bits per heavy atom. The maximum Gasteiger partial charge on any atom is 0.308 e. The number of esters is 1. The number of sulfonamides is 1. The van der Waals surface area contributed by atoms with E-state index in [1.54, 1.807) is 42.5 Å². The molecule has 140 valence electrons. The van der Waals surface area contributed by atoms with Crippen molar-refractivity contribution < 1.29 is 23.1 Å². The average molecular weight is 387 g/mol. The highest BCUT2D eigenvalue weighted by Gasteiger charge is 2.31. The van der Waals surface area contributed by atoms with E-state index in [1.165, 1.54) is 24.2 Å². The summed E-state index contributed by atoms with van der Waals surface area (Å²) in [5, 5.41) is 14.9. The second-order valence-corrected chi connectivity index (χ2v) is 7.21. The predicted molar refractivity (Wildman–Crippen MR) is 99.3 cm³/mol. The molecule has 0 fully saturated rings. The predicted octanol–water partition coefficient (Wildman–Crippen LogP) is 1.39. The molecular weight excluding hydrogens is 370 g/mol. The van der Waals surface area contributed by atoms with Crippen LogP contribution in [-0.2, 0) is 14.8 Å². The normalized spacial score (nSPS) is 14.7. The molecule has 0 bridgehead atoms. The lowest BCUT2D eigenvalue weighted by Gasteiger charge is -2.17. The van der Waals surface area contributed by atoms with Crippen molar-refractivity contribution in [3.05, 3.63) is 59.7 Å². The number of hydrazone groups is 1. The van der Waals surface area contributed by atoms with Gasteiger partial charge in [-0.2, -0.15) is 13.5 Å². The first-order valence-electron chi connectivity index (χ1n) is 8.06. The zero-order valence-electron chi connectivity index (χ0n) is 14.4. The number of hydrogen-bond donors (Lipinski definition) is 1. The van der Waals surface area contributed by atoms with Crippen LogP contribution in [0.25, 0.3) is 0 Å². The smallest absolute Gasteiger partial charge is 0.308 e. The van der Waals surface area contributed by atoms with Gasteiger partial charge in [0.2, 0.25) is 0 Å². The van der Waals surface area contributed by atoms with Crippen LogP contribution >= 0.6 is 0 Å². The minimum absolute atomic E-state index is 0.0741. The van der Waals surface area contributed by atoms with Gasteiger partial charge >= 0.3 is 5.97 Å². The monoisotopic (exact) mass is 387 g/mol. The lowest BCUT2D eigenvalue weighted by atomic mass is 10.2. The third kappa shape index (κ3) is 4.21. The van der Waals surface area contributed by atoms with Crippen LogP contribution in [-0.4, -0.2) is 49.7 Å². The van der Waals surface area contributed by atoms with E-state index in [-0.39, 0.29) is 23.9 Å². The molecule has 0 saturated heterocycles. The van der Waals surface area contributed by atoms with Crippen LogP contribution in [0.4, 0.5) is 0 Å². The lowest BCUT2D eigenvalue weighted by Crippen LogP contribution is -2.28. The molecule has 0 atom stereocenters. The van der Waals surface area contributed by atoms with Crippen molar-refractivity contribution in [2.75, 3.05) is 13.2 Å². The van der Waals surface area contributed by atoms with Gasteiger partial charge in [0.25, 0.3) is 10.0 Å². The number of benzene rings is 2. The average Bonchev–Trinajstić information content (AvgIpc) is 2.91. The Morgan fingerprint density at radius 3 is 2.59 bits per heavy atom. The molecule has 2 aromatic rings. The number of carbonyl (C=O) groups excluding carboxylic acids is 1. The van der Waals surface area contributed by atoms with E-state index in [2.05, 4.69) is 9.50 Å². The first kappa shape index (κ1) is 18.7. The van der Waals surface area contributed by atoms with Crippen molar-refractivity contribution in [1.82, 2.24) is 5.01 Å². The Hall–Kier alpha value is -3.04. The molecule has 0 amide bonds. The van der Waals surface area contributed by atoms with Gasteiger partial charge in [-0.25, -0.2) is 5.01 Å². The number of carbonyl (C=O) groups is 1. The summed E-state index contributed by atoms with van der Waals surface area (Å²) in [6, 6.07) is 13.1. The second kappa shape index (κ2) is 7.68. The van der Waals surface area contributed by atoms with Crippen molar-refractivity contribution in [2.45, 2.75) is 11.8 Å². The quantitative estimate of drug-likeness (QED) is 0.359. The molecule has 0 radical (unpaired) electrons. The summed E-state index contributed by atoms with van der Waals surface area (Å²) >= 11 is 0. The Labute approximate surface area is 156 Å². The maximum absolute atomic E-state index is 12.2. The minimum atomic E-state index is -3.78. The highest BCUT2D eigenvalue weighted by Crippen LogP contribution is 2.27. The van der Waals surface area contributed by atoms with E-state index < -0.39 is 16.0 Å². The number of ether oxygens (including phenoxy) is 1.